The van der Waals surface area contributed by atoms with Gasteiger partial charge in [-0.25, -0.2) is 14.1 Å². The van der Waals surface area contributed by atoms with Crippen molar-refractivity contribution in [2.75, 3.05) is 5.43 Å². The van der Waals surface area contributed by atoms with E-state index in [9.17, 15) is 14.0 Å². The zero-order chi connectivity index (χ0) is 23.5. The first-order chi connectivity index (χ1) is 16.6. The third-order valence-corrected chi connectivity index (χ3v) is 5.50. The fourth-order valence-electron chi connectivity index (χ4n) is 3.75. The Morgan fingerprint density at radius 2 is 1.59 bits per heavy atom. The second kappa shape index (κ2) is 9.11. The molecule has 0 saturated heterocycles. The predicted molar refractivity (Wildman–Crippen MR) is 128 cm³/mol. The third kappa shape index (κ3) is 4.21. The van der Waals surface area contributed by atoms with E-state index < -0.39 is 11.5 Å². The van der Waals surface area contributed by atoms with Gasteiger partial charge in [0.2, 0.25) is 0 Å². The van der Waals surface area contributed by atoms with Gasteiger partial charge in [0, 0.05) is 17.5 Å². The number of aryl methyl sites for hydroxylation is 2. The summed E-state index contributed by atoms with van der Waals surface area (Å²) < 4.78 is 14.6. The van der Waals surface area contributed by atoms with E-state index in [1.165, 1.54) is 16.8 Å². The number of halogens is 1. The molecule has 2 heterocycles. The van der Waals surface area contributed by atoms with Crippen LogP contribution in [0.4, 0.5) is 4.39 Å². The molecule has 5 rings (SSSR count). The van der Waals surface area contributed by atoms with Crippen molar-refractivity contribution in [1.29, 1.82) is 0 Å². The Morgan fingerprint density at radius 3 is 2.29 bits per heavy atom. The van der Waals surface area contributed by atoms with E-state index in [2.05, 4.69) is 15.6 Å². The number of amides is 1. The van der Waals surface area contributed by atoms with E-state index in [1.807, 2.05) is 36.4 Å². The highest BCUT2D eigenvalue weighted by molar-refractivity contribution is 6.00. The summed E-state index contributed by atoms with van der Waals surface area (Å²) in [5, 5.41) is 6.99. The highest BCUT2D eigenvalue weighted by Gasteiger charge is 2.19. The van der Waals surface area contributed by atoms with Crippen LogP contribution in [0.25, 0.3) is 22.3 Å². The number of aromatic nitrogens is 4. The largest absolute Gasteiger partial charge is 0.298 e. The van der Waals surface area contributed by atoms with Crippen LogP contribution < -0.4 is 11.0 Å². The molecule has 3 aromatic carbocycles. The van der Waals surface area contributed by atoms with Gasteiger partial charge in [0.1, 0.15) is 22.9 Å². The van der Waals surface area contributed by atoms with Crippen molar-refractivity contribution in [1.82, 2.24) is 19.9 Å². The lowest BCUT2D eigenvalue weighted by molar-refractivity contribution is 0.101. The molecule has 34 heavy (non-hydrogen) atoms. The van der Waals surface area contributed by atoms with Crippen LogP contribution in [0, 0.1) is 5.82 Å². The van der Waals surface area contributed by atoms with E-state index in [0.717, 1.165) is 5.56 Å². The van der Waals surface area contributed by atoms with Crippen LogP contribution in [0.2, 0.25) is 0 Å². The molecule has 7 nitrogen and oxygen atoms in total. The number of hydrogen-bond donors (Lipinski definition) is 2. The lowest BCUT2D eigenvalue weighted by Gasteiger charge is -2.14. The summed E-state index contributed by atoms with van der Waals surface area (Å²) in [7, 11) is 0. The SMILES string of the molecule is O=C(Nn1c(CCc2ccccc2)nc2c(-c3ccc(F)cc3)n[nH]c2c1=O)c1ccccc1. The topological polar surface area (TPSA) is 92.7 Å². The fraction of sp³-hybridized carbons (Fsp3) is 0.0769. The van der Waals surface area contributed by atoms with Crippen LogP contribution in [0.3, 0.4) is 0 Å². The van der Waals surface area contributed by atoms with Gasteiger partial charge in [-0.05, 0) is 48.4 Å². The number of carbonyl (C=O) groups excluding carboxylic acids is 1. The lowest BCUT2D eigenvalue weighted by Crippen LogP contribution is -2.36. The highest BCUT2D eigenvalue weighted by Crippen LogP contribution is 2.24. The number of nitrogens with one attached hydrogen (secondary N) is 2. The standard InChI is InChI=1S/C26H20FN5O2/c27-20-14-12-18(13-15-20)22-23-24(30-29-22)26(34)32(31-25(33)19-9-5-2-6-10-19)21(28-23)16-11-17-7-3-1-4-8-17/h1-10,12-15H,11,16H2,(H,29,30)(H,31,33). The second-order valence-electron chi connectivity index (χ2n) is 7.76. The normalized spacial score (nSPS) is 11.0. The quantitative estimate of drug-likeness (QED) is 0.405. The van der Waals surface area contributed by atoms with Crippen LogP contribution in [-0.4, -0.2) is 25.8 Å². The minimum atomic E-state index is -0.474. The molecule has 0 aliphatic rings. The lowest BCUT2D eigenvalue weighted by atomic mass is 10.1. The van der Waals surface area contributed by atoms with E-state index in [1.54, 1.807) is 36.4 Å². The molecule has 1 amide bonds. The first-order valence-corrected chi connectivity index (χ1v) is 10.8. The van der Waals surface area contributed by atoms with Crippen molar-refractivity contribution < 1.29 is 9.18 Å². The molecule has 168 valence electrons. The number of H-pyrrole nitrogens is 1. The van der Waals surface area contributed by atoms with Crippen molar-refractivity contribution in [2.45, 2.75) is 12.8 Å². The molecule has 0 aliphatic carbocycles. The van der Waals surface area contributed by atoms with Crippen LogP contribution in [0.5, 0.6) is 0 Å². The van der Waals surface area contributed by atoms with Crippen molar-refractivity contribution in [2.24, 2.45) is 0 Å². The molecule has 0 fully saturated rings. The molecule has 0 aliphatic heterocycles. The molecule has 0 atom stereocenters. The van der Waals surface area contributed by atoms with Crippen LogP contribution in [-0.2, 0) is 12.8 Å². The summed E-state index contributed by atoms with van der Waals surface area (Å²) >= 11 is 0. The van der Waals surface area contributed by atoms with E-state index in [-0.39, 0.29) is 11.3 Å². The maximum atomic E-state index is 13.4. The first-order valence-electron chi connectivity index (χ1n) is 10.8. The van der Waals surface area contributed by atoms with Crippen LogP contribution >= 0.6 is 0 Å². The van der Waals surface area contributed by atoms with Crippen LogP contribution in [0.1, 0.15) is 21.7 Å². The summed E-state index contributed by atoms with van der Waals surface area (Å²) in [5.74, 6) is -0.412. The highest BCUT2D eigenvalue weighted by atomic mass is 19.1. The van der Waals surface area contributed by atoms with Gasteiger partial charge in [-0.3, -0.25) is 20.1 Å². The monoisotopic (exact) mass is 453 g/mol. The summed E-state index contributed by atoms with van der Waals surface area (Å²) in [6.45, 7) is 0. The Hall–Kier alpha value is -4.59. The molecular weight excluding hydrogens is 433 g/mol. The molecule has 2 aromatic heterocycles. The molecular formula is C26H20FN5O2. The first kappa shape index (κ1) is 21.3. The van der Waals surface area contributed by atoms with Gasteiger partial charge in [0.15, 0.2) is 5.52 Å². The summed E-state index contributed by atoms with van der Waals surface area (Å²) in [4.78, 5) is 30.9. The number of aromatic amines is 1. The van der Waals surface area contributed by atoms with E-state index in [4.69, 9.17) is 4.98 Å². The number of hydrogen-bond acceptors (Lipinski definition) is 4. The number of benzene rings is 3. The molecule has 5 aromatic rings. The average Bonchev–Trinajstić information content (AvgIpc) is 3.30. The molecule has 2 N–H and O–H groups in total. The minimum Gasteiger partial charge on any atom is -0.270 e. The van der Waals surface area contributed by atoms with Gasteiger partial charge < -0.3 is 0 Å². The zero-order valence-corrected chi connectivity index (χ0v) is 18.0. The fourth-order valence-corrected chi connectivity index (χ4v) is 3.75. The van der Waals surface area contributed by atoms with Gasteiger partial charge >= 0.3 is 0 Å². The van der Waals surface area contributed by atoms with E-state index >= 15 is 0 Å². The summed E-state index contributed by atoms with van der Waals surface area (Å²) in [6, 6.07) is 24.3. The van der Waals surface area contributed by atoms with Crippen molar-refractivity contribution in [3.63, 3.8) is 0 Å². The maximum absolute atomic E-state index is 13.4. The van der Waals surface area contributed by atoms with Crippen molar-refractivity contribution in [3.8, 4) is 11.3 Å². The second-order valence-corrected chi connectivity index (χ2v) is 7.76. The third-order valence-electron chi connectivity index (χ3n) is 5.50. The average molecular weight is 453 g/mol. The molecule has 0 bridgehead atoms. The van der Waals surface area contributed by atoms with Crippen molar-refractivity contribution in [3.05, 3.63) is 118 Å². The van der Waals surface area contributed by atoms with E-state index in [0.29, 0.717) is 41.0 Å². The predicted octanol–water partition coefficient (Wildman–Crippen LogP) is 4.09. The Labute approximate surface area is 193 Å². The number of fused-ring (bicyclic) bond motifs is 1. The van der Waals surface area contributed by atoms with Gasteiger partial charge in [0.05, 0.1) is 0 Å². The maximum Gasteiger partial charge on any atom is 0.298 e. The smallest absolute Gasteiger partial charge is 0.270 e. The Bertz CT molecular complexity index is 1510. The number of carbonyl (C=O) groups is 1. The summed E-state index contributed by atoms with van der Waals surface area (Å²) in [6.07, 6.45) is 1.02. The number of nitrogens with zero attached hydrogens (tertiary/aromatic N) is 3. The molecule has 0 radical (unpaired) electrons. The molecule has 8 heteroatoms. The zero-order valence-electron chi connectivity index (χ0n) is 18.0. The molecule has 0 unspecified atom stereocenters. The van der Waals surface area contributed by atoms with Gasteiger partial charge in [-0.2, -0.15) is 5.10 Å². The molecule has 0 spiro atoms. The number of rotatable bonds is 6. The van der Waals surface area contributed by atoms with Gasteiger partial charge in [0.25, 0.3) is 11.5 Å². The minimum absolute atomic E-state index is 0.149. The van der Waals surface area contributed by atoms with Crippen molar-refractivity contribution >= 4 is 16.9 Å². The van der Waals surface area contributed by atoms with Gasteiger partial charge in [-0.1, -0.05) is 48.5 Å². The van der Waals surface area contributed by atoms with Gasteiger partial charge in [-0.15, -0.1) is 0 Å². The van der Waals surface area contributed by atoms with Crippen LogP contribution in [0.15, 0.2) is 89.7 Å². The molecule has 0 saturated carbocycles. The Morgan fingerprint density at radius 1 is 0.912 bits per heavy atom. The summed E-state index contributed by atoms with van der Waals surface area (Å²) in [5.41, 5.74) is 5.28. The Kier molecular flexibility index (Phi) is 5.70. The Balaban J connectivity index is 1.59.